The van der Waals surface area contributed by atoms with E-state index in [2.05, 4.69) is 11.9 Å². The summed E-state index contributed by atoms with van der Waals surface area (Å²) in [4.78, 5) is 24.0. The van der Waals surface area contributed by atoms with E-state index in [4.69, 9.17) is 4.74 Å². The van der Waals surface area contributed by atoms with Crippen molar-refractivity contribution >= 4 is 11.9 Å². The van der Waals surface area contributed by atoms with Crippen LogP contribution in [-0.2, 0) is 0 Å². The maximum atomic E-state index is 12.4. The van der Waals surface area contributed by atoms with Crippen molar-refractivity contribution in [2.24, 2.45) is 0 Å². The predicted molar refractivity (Wildman–Crippen MR) is 80.5 cm³/mol. The molecule has 1 amide bonds. The van der Waals surface area contributed by atoms with Crippen molar-refractivity contribution in [1.29, 1.82) is 0 Å². The molecule has 0 spiro atoms. The van der Waals surface area contributed by atoms with Crippen molar-refractivity contribution in [3.05, 3.63) is 78.4 Å². The first-order valence-corrected chi connectivity index (χ1v) is 6.47. The predicted octanol–water partition coefficient (Wildman–Crippen LogP) is 3.19. The molecule has 0 atom stereocenters. The minimum Gasteiger partial charge on any atom is -0.410 e. The Balaban J connectivity index is 2.23. The Labute approximate surface area is 123 Å². The third-order valence-corrected chi connectivity index (χ3v) is 2.76. The fourth-order valence-corrected chi connectivity index (χ4v) is 1.78. The molecule has 0 saturated heterocycles. The van der Waals surface area contributed by atoms with Crippen molar-refractivity contribution in [2.75, 3.05) is 6.54 Å². The molecule has 2 aromatic rings. The second-order valence-electron chi connectivity index (χ2n) is 4.25. The average molecular weight is 281 g/mol. The maximum Gasteiger partial charge on any atom is 0.412 e. The van der Waals surface area contributed by atoms with Crippen molar-refractivity contribution in [3.8, 4) is 5.75 Å². The number of nitrogens with one attached hydrogen (secondary N) is 1. The van der Waals surface area contributed by atoms with E-state index in [1.54, 1.807) is 54.6 Å². The maximum absolute atomic E-state index is 12.4. The Morgan fingerprint density at radius 2 is 1.71 bits per heavy atom. The van der Waals surface area contributed by atoms with Crippen LogP contribution in [0.15, 0.2) is 67.3 Å². The molecule has 0 bridgehead atoms. The van der Waals surface area contributed by atoms with Crippen LogP contribution < -0.4 is 10.1 Å². The molecule has 0 unspecified atom stereocenters. The Morgan fingerprint density at radius 1 is 1.05 bits per heavy atom. The fraction of sp³-hybridized carbons (Fsp3) is 0.0588. The molecule has 0 aliphatic carbocycles. The minimum atomic E-state index is -0.622. The number of rotatable bonds is 5. The quantitative estimate of drug-likeness (QED) is 0.676. The van der Waals surface area contributed by atoms with Gasteiger partial charge in [0.15, 0.2) is 5.78 Å². The molecule has 21 heavy (non-hydrogen) atoms. The van der Waals surface area contributed by atoms with Crippen LogP contribution in [0.1, 0.15) is 15.9 Å². The lowest BCUT2D eigenvalue weighted by Gasteiger charge is -2.09. The fourth-order valence-electron chi connectivity index (χ4n) is 1.78. The monoisotopic (exact) mass is 281 g/mol. The number of ether oxygens (including phenoxy) is 1. The summed E-state index contributed by atoms with van der Waals surface area (Å²) in [6.45, 7) is 3.80. The van der Waals surface area contributed by atoms with Gasteiger partial charge in [-0.25, -0.2) is 4.79 Å². The third-order valence-electron chi connectivity index (χ3n) is 2.76. The normalized spacial score (nSPS) is 9.71. The zero-order chi connectivity index (χ0) is 15.1. The molecule has 0 fully saturated rings. The molecular formula is C17H15NO3. The van der Waals surface area contributed by atoms with Crippen LogP contribution in [0.3, 0.4) is 0 Å². The van der Waals surface area contributed by atoms with Crippen molar-refractivity contribution < 1.29 is 14.3 Å². The molecule has 4 heteroatoms. The summed E-state index contributed by atoms with van der Waals surface area (Å²) in [5.41, 5.74) is 0.887. The van der Waals surface area contributed by atoms with Gasteiger partial charge < -0.3 is 10.1 Å². The molecule has 0 aliphatic rings. The highest BCUT2D eigenvalue weighted by Gasteiger charge is 2.15. The van der Waals surface area contributed by atoms with Crippen LogP contribution in [0.2, 0.25) is 0 Å². The zero-order valence-electron chi connectivity index (χ0n) is 11.4. The summed E-state index contributed by atoms with van der Waals surface area (Å²) in [6.07, 6.45) is 0.922. The summed E-state index contributed by atoms with van der Waals surface area (Å²) in [7, 11) is 0. The van der Waals surface area contributed by atoms with Gasteiger partial charge in [-0.3, -0.25) is 4.79 Å². The number of benzene rings is 2. The van der Waals surface area contributed by atoms with Gasteiger partial charge in [0.1, 0.15) is 5.75 Å². The van der Waals surface area contributed by atoms with Gasteiger partial charge in [0.05, 0.1) is 5.56 Å². The van der Waals surface area contributed by atoms with Gasteiger partial charge in [-0.05, 0) is 12.1 Å². The number of carbonyl (C=O) groups excluding carboxylic acids is 2. The molecule has 1 N–H and O–H groups in total. The van der Waals surface area contributed by atoms with E-state index in [1.165, 1.54) is 0 Å². The van der Waals surface area contributed by atoms with E-state index in [-0.39, 0.29) is 11.5 Å². The molecule has 2 rings (SSSR count). The lowest BCUT2D eigenvalue weighted by atomic mass is 10.0. The molecule has 0 aromatic heterocycles. The van der Waals surface area contributed by atoms with Gasteiger partial charge >= 0.3 is 6.09 Å². The number of para-hydroxylation sites is 1. The Hall–Kier alpha value is -2.88. The summed E-state index contributed by atoms with van der Waals surface area (Å²) in [6, 6.07) is 15.5. The van der Waals surface area contributed by atoms with E-state index >= 15 is 0 Å². The smallest absolute Gasteiger partial charge is 0.410 e. The number of ketones is 1. The van der Waals surface area contributed by atoms with E-state index in [1.807, 2.05) is 6.07 Å². The molecule has 0 saturated carbocycles. The number of hydrogen-bond acceptors (Lipinski definition) is 3. The van der Waals surface area contributed by atoms with Gasteiger partial charge in [0, 0.05) is 12.1 Å². The summed E-state index contributed by atoms with van der Waals surface area (Å²) >= 11 is 0. The van der Waals surface area contributed by atoms with Gasteiger partial charge in [0.2, 0.25) is 0 Å². The summed E-state index contributed by atoms with van der Waals surface area (Å²) < 4.78 is 5.17. The highest BCUT2D eigenvalue weighted by atomic mass is 16.6. The number of amides is 1. The molecule has 0 radical (unpaired) electrons. The third kappa shape index (κ3) is 3.79. The summed E-state index contributed by atoms with van der Waals surface area (Å²) in [5, 5.41) is 2.50. The second kappa shape index (κ2) is 7.05. The van der Waals surface area contributed by atoms with Gasteiger partial charge in [0.25, 0.3) is 0 Å². The SMILES string of the molecule is C=CCNC(=O)Oc1ccccc1C(=O)c1ccccc1. The Bertz CT molecular complexity index is 650. The van der Waals surface area contributed by atoms with Gasteiger partial charge in [-0.2, -0.15) is 0 Å². The van der Waals surface area contributed by atoms with Gasteiger partial charge in [-0.15, -0.1) is 6.58 Å². The van der Waals surface area contributed by atoms with Crippen LogP contribution in [0, 0.1) is 0 Å². The van der Waals surface area contributed by atoms with E-state index < -0.39 is 6.09 Å². The number of hydrogen-bond donors (Lipinski definition) is 1. The minimum absolute atomic E-state index is 0.192. The first-order chi connectivity index (χ1) is 10.2. The molecule has 4 nitrogen and oxygen atoms in total. The zero-order valence-corrected chi connectivity index (χ0v) is 11.4. The van der Waals surface area contributed by atoms with E-state index in [0.717, 1.165) is 0 Å². The van der Waals surface area contributed by atoms with Crippen LogP contribution in [-0.4, -0.2) is 18.4 Å². The van der Waals surface area contributed by atoms with Crippen LogP contribution in [0.25, 0.3) is 0 Å². The highest BCUT2D eigenvalue weighted by Crippen LogP contribution is 2.21. The van der Waals surface area contributed by atoms with Gasteiger partial charge in [-0.1, -0.05) is 48.5 Å². The highest BCUT2D eigenvalue weighted by molar-refractivity contribution is 6.10. The first kappa shape index (κ1) is 14.5. The van der Waals surface area contributed by atoms with Crippen molar-refractivity contribution in [2.45, 2.75) is 0 Å². The largest absolute Gasteiger partial charge is 0.412 e. The topological polar surface area (TPSA) is 55.4 Å². The lowest BCUT2D eigenvalue weighted by molar-refractivity contribution is 0.103. The first-order valence-electron chi connectivity index (χ1n) is 6.47. The molecule has 0 heterocycles. The Kier molecular flexibility index (Phi) is 4.88. The number of carbonyl (C=O) groups is 2. The standard InChI is InChI=1S/C17H15NO3/c1-2-12-18-17(20)21-15-11-7-6-10-14(15)16(19)13-8-4-3-5-9-13/h2-11H,1,12H2,(H,18,20). The molecule has 106 valence electrons. The van der Waals surface area contributed by atoms with E-state index in [9.17, 15) is 9.59 Å². The average Bonchev–Trinajstić information content (AvgIpc) is 2.53. The second-order valence-corrected chi connectivity index (χ2v) is 4.25. The summed E-state index contributed by atoms with van der Waals surface area (Å²) in [5.74, 6) is 0.0376. The molecule has 0 aliphatic heterocycles. The van der Waals surface area contributed by atoms with Crippen LogP contribution >= 0.6 is 0 Å². The lowest BCUT2D eigenvalue weighted by Crippen LogP contribution is -2.27. The van der Waals surface area contributed by atoms with Crippen LogP contribution in [0.5, 0.6) is 5.75 Å². The van der Waals surface area contributed by atoms with Crippen LogP contribution in [0.4, 0.5) is 4.79 Å². The Morgan fingerprint density at radius 3 is 2.43 bits per heavy atom. The van der Waals surface area contributed by atoms with Crippen molar-refractivity contribution in [1.82, 2.24) is 5.32 Å². The molecular weight excluding hydrogens is 266 g/mol. The van der Waals surface area contributed by atoms with Crippen molar-refractivity contribution in [3.63, 3.8) is 0 Å². The molecule has 2 aromatic carbocycles. The van der Waals surface area contributed by atoms with E-state index in [0.29, 0.717) is 17.7 Å².